The van der Waals surface area contributed by atoms with Crippen molar-refractivity contribution in [2.75, 3.05) is 5.32 Å². The van der Waals surface area contributed by atoms with Crippen molar-refractivity contribution in [1.82, 2.24) is 10.3 Å². The number of halogens is 1. The molecule has 0 radical (unpaired) electrons. The van der Waals surface area contributed by atoms with E-state index in [1.54, 1.807) is 36.5 Å². The number of carbonyl (C=O) groups is 2. The molecule has 2 aromatic heterocycles. The molecule has 0 atom stereocenters. The number of rotatable bonds is 5. The second kappa shape index (κ2) is 8.71. The highest BCUT2D eigenvalue weighted by Gasteiger charge is 2.13. The normalized spacial score (nSPS) is 10.6. The van der Waals surface area contributed by atoms with Gasteiger partial charge in [0.1, 0.15) is 17.3 Å². The molecule has 2 aromatic carbocycles. The molecule has 0 bridgehead atoms. The quantitative estimate of drug-likeness (QED) is 0.469. The van der Waals surface area contributed by atoms with Crippen LogP contribution in [0.3, 0.4) is 0 Å². The molecule has 8 heteroatoms. The molecule has 4 rings (SSSR count). The second-order valence-corrected chi connectivity index (χ2v) is 7.27. The molecule has 0 fully saturated rings. The fourth-order valence-corrected chi connectivity index (χ4v) is 3.62. The van der Waals surface area contributed by atoms with Crippen LogP contribution in [0, 0.1) is 5.82 Å². The topological polar surface area (TPSA) is 80.3 Å². The van der Waals surface area contributed by atoms with Crippen molar-refractivity contribution in [2.24, 2.45) is 0 Å². The minimum absolute atomic E-state index is 0.0483. The third kappa shape index (κ3) is 4.61. The number of fused-ring (bicyclic) bond motifs is 1. The molecule has 2 heterocycles. The van der Waals surface area contributed by atoms with Crippen molar-refractivity contribution < 1.29 is 18.7 Å². The summed E-state index contributed by atoms with van der Waals surface area (Å²) in [6.07, 6.45) is 1.67. The zero-order valence-corrected chi connectivity index (χ0v) is 16.4. The monoisotopic (exact) mass is 421 g/mol. The van der Waals surface area contributed by atoms with Crippen LogP contribution >= 0.6 is 11.3 Å². The molecule has 0 spiro atoms. The largest absolute Gasteiger partial charge is 0.456 e. The Labute approximate surface area is 175 Å². The molecule has 6 nitrogen and oxygen atoms in total. The Balaban J connectivity index is 1.39. The van der Waals surface area contributed by atoms with E-state index in [-0.39, 0.29) is 17.9 Å². The SMILES string of the molecule is O=C(Cc1ccccc1)NC(=O)Nc1ccc(Oc2ccnc3ccsc23)cc1F. The first-order valence-electron chi connectivity index (χ1n) is 9.03. The van der Waals surface area contributed by atoms with Gasteiger partial charge in [-0.1, -0.05) is 30.3 Å². The summed E-state index contributed by atoms with van der Waals surface area (Å²) in [6.45, 7) is 0. The molecular formula is C22H16FN3O3S. The van der Waals surface area contributed by atoms with Crippen molar-refractivity contribution in [3.63, 3.8) is 0 Å². The van der Waals surface area contributed by atoms with Crippen molar-refractivity contribution >= 4 is 39.2 Å². The van der Waals surface area contributed by atoms with Crippen LogP contribution in [0.25, 0.3) is 10.2 Å². The first-order chi connectivity index (χ1) is 14.6. The Morgan fingerprint density at radius 2 is 1.90 bits per heavy atom. The third-order valence-electron chi connectivity index (χ3n) is 4.18. The minimum atomic E-state index is -0.807. The summed E-state index contributed by atoms with van der Waals surface area (Å²) in [7, 11) is 0. The zero-order chi connectivity index (χ0) is 20.9. The van der Waals surface area contributed by atoms with Gasteiger partial charge in [0.25, 0.3) is 0 Å². The van der Waals surface area contributed by atoms with Gasteiger partial charge < -0.3 is 10.1 Å². The van der Waals surface area contributed by atoms with Gasteiger partial charge in [0.15, 0.2) is 0 Å². The van der Waals surface area contributed by atoms with Crippen LogP contribution in [-0.4, -0.2) is 16.9 Å². The first-order valence-corrected chi connectivity index (χ1v) is 9.91. The Morgan fingerprint density at radius 3 is 2.70 bits per heavy atom. The van der Waals surface area contributed by atoms with Gasteiger partial charge in [-0.3, -0.25) is 15.1 Å². The lowest BCUT2D eigenvalue weighted by atomic mass is 10.1. The van der Waals surface area contributed by atoms with Crippen LogP contribution in [0.5, 0.6) is 11.5 Å². The average Bonchev–Trinajstić information content (AvgIpc) is 3.20. The predicted octanol–water partition coefficient (Wildman–Crippen LogP) is 5.12. The van der Waals surface area contributed by atoms with E-state index in [0.29, 0.717) is 5.75 Å². The number of benzene rings is 2. The van der Waals surface area contributed by atoms with Crippen LogP contribution in [0.4, 0.5) is 14.9 Å². The number of nitrogens with zero attached hydrogens (tertiary/aromatic N) is 1. The van der Waals surface area contributed by atoms with Gasteiger partial charge >= 0.3 is 6.03 Å². The van der Waals surface area contributed by atoms with Gasteiger partial charge in [-0.25, -0.2) is 9.18 Å². The van der Waals surface area contributed by atoms with E-state index in [9.17, 15) is 14.0 Å². The van der Waals surface area contributed by atoms with E-state index < -0.39 is 17.8 Å². The van der Waals surface area contributed by atoms with Crippen LogP contribution < -0.4 is 15.4 Å². The first kappa shape index (κ1) is 19.5. The van der Waals surface area contributed by atoms with Gasteiger partial charge in [0, 0.05) is 18.3 Å². The Hall–Kier alpha value is -3.78. The van der Waals surface area contributed by atoms with Crippen molar-refractivity contribution in [1.29, 1.82) is 0 Å². The molecule has 0 aliphatic carbocycles. The lowest BCUT2D eigenvalue weighted by molar-refractivity contribution is -0.119. The Morgan fingerprint density at radius 1 is 1.07 bits per heavy atom. The summed E-state index contributed by atoms with van der Waals surface area (Å²) >= 11 is 1.48. The molecule has 30 heavy (non-hydrogen) atoms. The summed E-state index contributed by atoms with van der Waals surface area (Å²) in [4.78, 5) is 28.2. The summed E-state index contributed by atoms with van der Waals surface area (Å²) in [5.74, 6) is -0.328. The number of hydrogen-bond acceptors (Lipinski definition) is 5. The number of imide groups is 1. The number of thiophene rings is 1. The molecule has 0 unspecified atom stereocenters. The molecule has 3 amide bonds. The van der Waals surface area contributed by atoms with Crippen molar-refractivity contribution in [3.05, 3.63) is 83.6 Å². The molecule has 2 N–H and O–H groups in total. The standard InChI is InChI=1S/C22H16FN3O3S/c23-16-13-15(29-19-8-10-24-18-9-11-30-21(18)19)6-7-17(16)25-22(28)26-20(27)12-14-4-2-1-3-5-14/h1-11,13H,12H2,(H2,25,26,27,28). The summed E-state index contributed by atoms with van der Waals surface area (Å²) in [5, 5.41) is 6.42. The number of aromatic nitrogens is 1. The molecule has 150 valence electrons. The van der Waals surface area contributed by atoms with E-state index in [4.69, 9.17) is 4.74 Å². The van der Waals surface area contributed by atoms with E-state index in [2.05, 4.69) is 15.6 Å². The third-order valence-corrected chi connectivity index (χ3v) is 5.10. The molecule has 0 aliphatic rings. The number of carbonyl (C=O) groups excluding carboxylic acids is 2. The van der Waals surface area contributed by atoms with Gasteiger partial charge in [-0.05, 0) is 29.1 Å². The van der Waals surface area contributed by atoms with Crippen LogP contribution in [-0.2, 0) is 11.2 Å². The zero-order valence-electron chi connectivity index (χ0n) is 15.6. The van der Waals surface area contributed by atoms with Gasteiger partial charge in [0.05, 0.1) is 22.3 Å². The summed E-state index contributed by atoms with van der Waals surface area (Å²) < 4.78 is 21.1. The molecule has 4 aromatic rings. The molecule has 0 aliphatic heterocycles. The highest BCUT2D eigenvalue weighted by atomic mass is 32.1. The molecule has 0 saturated carbocycles. The van der Waals surface area contributed by atoms with E-state index in [1.807, 2.05) is 17.5 Å². The van der Waals surface area contributed by atoms with E-state index in [0.717, 1.165) is 15.8 Å². The molecular weight excluding hydrogens is 405 g/mol. The van der Waals surface area contributed by atoms with Crippen LogP contribution in [0.2, 0.25) is 0 Å². The van der Waals surface area contributed by atoms with Crippen molar-refractivity contribution in [2.45, 2.75) is 6.42 Å². The number of anilines is 1. The smallest absolute Gasteiger partial charge is 0.325 e. The molecule has 0 saturated heterocycles. The fraction of sp³-hybridized carbons (Fsp3) is 0.0455. The van der Waals surface area contributed by atoms with E-state index >= 15 is 0 Å². The maximum Gasteiger partial charge on any atom is 0.325 e. The predicted molar refractivity (Wildman–Crippen MR) is 113 cm³/mol. The maximum atomic E-state index is 14.4. The lowest BCUT2D eigenvalue weighted by Gasteiger charge is -2.10. The van der Waals surface area contributed by atoms with Crippen LogP contribution in [0.15, 0.2) is 72.2 Å². The Kier molecular flexibility index (Phi) is 5.67. The van der Waals surface area contributed by atoms with Crippen molar-refractivity contribution in [3.8, 4) is 11.5 Å². The van der Waals surface area contributed by atoms with Crippen LogP contribution in [0.1, 0.15) is 5.56 Å². The number of amides is 3. The van der Waals surface area contributed by atoms with Gasteiger partial charge in [0.2, 0.25) is 5.91 Å². The maximum absolute atomic E-state index is 14.4. The lowest BCUT2D eigenvalue weighted by Crippen LogP contribution is -2.35. The summed E-state index contributed by atoms with van der Waals surface area (Å²) in [5.41, 5.74) is 1.50. The second-order valence-electron chi connectivity index (χ2n) is 6.35. The number of hydrogen-bond donors (Lipinski definition) is 2. The Bertz CT molecular complexity index is 1210. The highest BCUT2D eigenvalue weighted by Crippen LogP contribution is 2.33. The van der Waals surface area contributed by atoms with Gasteiger partial charge in [-0.15, -0.1) is 11.3 Å². The van der Waals surface area contributed by atoms with E-state index in [1.165, 1.54) is 29.5 Å². The number of nitrogens with one attached hydrogen (secondary N) is 2. The minimum Gasteiger partial charge on any atom is -0.456 e. The van der Waals surface area contributed by atoms with Gasteiger partial charge in [-0.2, -0.15) is 0 Å². The number of pyridine rings is 1. The highest BCUT2D eigenvalue weighted by molar-refractivity contribution is 7.17. The fourth-order valence-electron chi connectivity index (χ4n) is 2.82. The average molecular weight is 421 g/mol. The number of ether oxygens (including phenoxy) is 1. The summed E-state index contributed by atoms with van der Waals surface area (Å²) in [6, 6.07) is 15.8. The number of urea groups is 1.